The Labute approximate surface area is 155 Å². The Balaban J connectivity index is 2.16. The molecule has 0 unspecified atom stereocenters. The van der Waals surface area contributed by atoms with Crippen LogP contribution >= 0.6 is 0 Å². The van der Waals surface area contributed by atoms with Crippen LogP contribution in [0.25, 0.3) is 0 Å². The molecular weight excluding hydrogens is 378 g/mol. The molecule has 0 N–H and O–H groups in total. The van der Waals surface area contributed by atoms with Gasteiger partial charge in [0.1, 0.15) is 0 Å². The fourth-order valence-corrected chi connectivity index (χ4v) is 4.95. The van der Waals surface area contributed by atoms with Crippen LogP contribution in [-0.4, -0.2) is 89.9 Å². The molecule has 2 rings (SSSR count). The zero-order chi connectivity index (χ0) is 19.5. The number of sulfonamides is 1. The summed E-state index contributed by atoms with van der Waals surface area (Å²) < 4.78 is 50.5. The average molecular weight is 404 g/mol. The first kappa shape index (κ1) is 20.8. The number of carbonyl (C=O) groups excluding carboxylic acids is 1. The number of carbonyl (C=O) groups is 1. The smallest absolute Gasteiger partial charge is 0.243 e. The molecule has 146 valence electrons. The maximum Gasteiger partial charge on any atom is 0.243 e. The second-order valence-electron chi connectivity index (χ2n) is 6.57. The molecule has 1 aliphatic heterocycles. The van der Waals surface area contributed by atoms with Crippen LogP contribution in [0.3, 0.4) is 0 Å². The highest BCUT2D eigenvalue weighted by molar-refractivity contribution is 7.91. The fraction of sp³-hybridized carbons (Fsp3) is 0.562. The molecule has 1 aliphatic rings. The van der Waals surface area contributed by atoms with Crippen molar-refractivity contribution in [3.8, 4) is 0 Å². The molecule has 0 radical (unpaired) electrons. The number of sulfone groups is 1. The first-order chi connectivity index (χ1) is 12.0. The Kier molecular flexibility index (Phi) is 6.43. The molecule has 1 saturated heterocycles. The van der Waals surface area contributed by atoms with E-state index in [4.69, 9.17) is 0 Å². The fourth-order valence-electron chi connectivity index (χ4n) is 2.69. The summed E-state index contributed by atoms with van der Waals surface area (Å²) in [5.74, 6) is -0.0258. The van der Waals surface area contributed by atoms with Crippen molar-refractivity contribution in [2.45, 2.75) is 16.2 Å². The second-order valence-corrected chi connectivity index (χ2v) is 10.5. The minimum Gasteiger partial charge on any atom is -0.348 e. The molecule has 26 heavy (non-hydrogen) atoms. The lowest BCUT2D eigenvalue weighted by molar-refractivity contribution is -0.129. The second kappa shape index (κ2) is 8.03. The lowest BCUT2D eigenvalue weighted by Crippen LogP contribution is -2.39. The molecule has 0 atom stereocenters. The lowest BCUT2D eigenvalue weighted by Gasteiger charge is -2.22. The standard InChI is InChI=1S/C16H25N3O5S2/c1-17(2)16(20)13-18-8-5-9-19(11-10-18)26(23,24)15-7-4-6-14(12-15)25(3,21)22/h4,6-7,12H,5,8-11,13H2,1-3H3. The molecule has 0 bridgehead atoms. The van der Waals surface area contributed by atoms with Crippen LogP contribution in [0.2, 0.25) is 0 Å². The van der Waals surface area contributed by atoms with Gasteiger partial charge in [-0.05, 0) is 31.2 Å². The summed E-state index contributed by atoms with van der Waals surface area (Å²) in [6.07, 6.45) is 1.65. The predicted octanol–water partition coefficient (Wildman–Crippen LogP) is -0.125. The van der Waals surface area contributed by atoms with Crippen LogP contribution in [0.5, 0.6) is 0 Å². The van der Waals surface area contributed by atoms with Gasteiger partial charge >= 0.3 is 0 Å². The molecular formula is C16H25N3O5S2. The van der Waals surface area contributed by atoms with E-state index in [-0.39, 0.29) is 28.8 Å². The molecule has 0 spiro atoms. The number of hydrogen-bond donors (Lipinski definition) is 0. The first-order valence-electron chi connectivity index (χ1n) is 8.24. The molecule has 1 aromatic carbocycles. The van der Waals surface area contributed by atoms with Gasteiger partial charge in [-0.25, -0.2) is 16.8 Å². The van der Waals surface area contributed by atoms with E-state index in [0.717, 1.165) is 6.26 Å². The first-order valence-corrected chi connectivity index (χ1v) is 11.6. The van der Waals surface area contributed by atoms with Crippen molar-refractivity contribution in [2.24, 2.45) is 0 Å². The highest BCUT2D eigenvalue weighted by atomic mass is 32.2. The highest BCUT2D eigenvalue weighted by Gasteiger charge is 2.28. The quantitative estimate of drug-likeness (QED) is 0.680. The minimum atomic E-state index is -3.79. The van der Waals surface area contributed by atoms with Crippen molar-refractivity contribution in [1.82, 2.24) is 14.1 Å². The van der Waals surface area contributed by atoms with Gasteiger partial charge in [0.15, 0.2) is 9.84 Å². The summed E-state index contributed by atoms with van der Waals surface area (Å²) >= 11 is 0. The zero-order valence-corrected chi connectivity index (χ0v) is 16.9. The van der Waals surface area contributed by atoms with Gasteiger partial charge in [-0.2, -0.15) is 4.31 Å². The van der Waals surface area contributed by atoms with Gasteiger partial charge in [0.25, 0.3) is 0 Å². The maximum atomic E-state index is 12.9. The predicted molar refractivity (Wildman–Crippen MR) is 98.1 cm³/mol. The number of benzene rings is 1. The Hall–Kier alpha value is -1.49. The van der Waals surface area contributed by atoms with Crippen LogP contribution in [0.4, 0.5) is 0 Å². The van der Waals surface area contributed by atoms with Crippen molar-refractivity contribution < 1.29 is 21.6 Å². The number of likely N-dealkylation sites (N-methyl/N-ethyl adjacent to an activating group) is 1. The van der Waals surface area contributed by atoms with E-state index in [1.807, 2.05) is 4.90 Å². The zero-order valence-electron chi connectivity index (χ0n) is 15.3. The number of nitrogens with zero attached hydrogens (tertiary/aromatic N) is 3. The van der Waals surface area contributed by atoms with E-state index >= 15 is 0 Å². The van der Waals surface area contributed by atoms with Crippen LogP contribution in [0.1, 0.15) is 6.42 Å². The number of amides is 1. The summed E-state index contributed by atoms with van der Waals surface area (Å²) in [6.45, 7) is 1.92. The van der Waals surface area contributed by atoms with E-state index in [1.54, 1.807) is 14.1 Å². The minimum absolute atomic E-state index is 0.0217. The van der Waals surface area contributed by atoms with Crippen LogP contribution in [0, 0.1) is 0 Å². The molecule has 0 aromatic heterocycles. The number of rotatable bonds is 5. The topological polar surface area (TPSA) is 95.1 Å². The van der Waals surface area contributed by atoms with Crippen molar-refractivity contribution in [3.05, 3.63) is 24.3 Å². The summed E-state index contributed by atoms with van der Waals surface area (Å²) in [4.78, 5) is 15.2. The van der Waals surface area contributed by atoms with Gasteiger partial charge in [-0.1, -0.05) is 6.07 Å². The lowest BCUT2D eigenvalue weighted by atomic mass is 10.4. The van der Waals surface area contributed by atoms with E-state index < -0.39 is 19.9 Å². The third-order valence-electron chi connectivity index (χ3n) is 4.28. The van der Waals surface area contributed by atoms with Crippen LogP contribution in [-0.2, 0) is 24.7 Å². The third kappa shape index (κ3) is 5.03. The van der Waals surface area contributed by atoms with Gasteiger partial charge in [0, 0.05) is 40.0 Å². The van der Waals surface area contributed by atoms with Crippen molar-refractivity contribution in [3.63, 3.8) is 0 Å². The number of hydrogen-bond acceptors (Lipinski definition) is 6. The Bertz CT molecular complexity index is 866. The van der Waals surface area contributed by atoms with Crippen molar-refractivity contribution >= 4 is 25.8 Å². The summed E-state index contributed by atoms with van der Waals surface area (Å²) in [5.41, 5.74) is 0. The largest absolute Gasteiger partial charge is 0.348 e. The molecule has 0 saturated carbocycles. The normalized spacial score (nSPS) is 17.7. The Morgan fingerprint density at radius 2 is 1.69 bits per heavy atom. The Morgan fingerprint density at radius 1 is 1.04 bits per heavy atom. The van der Waals surface area contributed by atoms with Crippen LogP contribution < -0.4 is 0 Å². The maximum absolute atomic E-state index is 12.9. The molecule has 1 aromatic rings. The van der Waals surface area contributed by atoms with Gasteiger partial charge in [0.2, 0.25) is 15.9 Å². The van der Waals surface area contributed by atoms with Gasteiger partial charge in [-0.15, -0.1) is 0 Å². The summed E-state index contributed by atoms with van der Waals surface area (Å²) in [6, 6.07) is 5.42. The molecule has 1 heterocycles. The molecule has 1 amide bonds. The Morgan fingerprint density at radius 3 is 2.31 bits per heavy atom. The van der Waals surface area contributed by atoms with Gasteiger partial charge < -0.3 is 4.90 Å². The summed E-state index contributed by atoms with van der Waals surface area (Å²) in [5, 5.41) is 0. The average Bonchev–Trinajstić information content (AvgIpc) is 2.80. The monoisotopic (exact) mass is 403 g/mol. The third-order valence-corrected chi connectivity index (χ3v) is 7.28. The van der Waals surface area contributed by atoms with E-state index in [9.17, 15) is 21.6 Å². The van der Waals surface area contributed by atoms with Crippen molar-refractivity contribution in [2.75, 3.05) is 53.1 Å². The molecule has 8 nitrogen and oxygen atoms in total. The molecule has 10 heteroatoms. The van der Waals surface area contributed by atoms with Gasteiger partial charge in [0.05, 0.1) is 16.3 Å². The summed E-state index contributed by atoms with van der Waals surface area (Å²) in [7, 11) is -3.90. The molecule has 1 fully saturated rings. The molecule has 0 aliphatic carbocycles. The van der Waals surface area contributed by atoms with E-state index in [0.29, 0.717) is 26.1 Å². The van der Waals surface area contributed by atoms with E-state index in [1.165, 1.54) is 33.5 Å². The van der Waals surface area contributed by atoms with Crippen LogP contribution in [0.15, 0.2) is 34.1 Å². The SMILES string of the molecule is CN(C)C(=O)CN1CCCN(S(=O)(=O)c2cccc(S(C)(=O)=O)c2)CC1. The van der Waals surface area contributed by atoms with E-state index in [2.05, 4.69) is 0 Å². The van der Waals surface area contributed by atoms with Crippen molar-refractivity contribution in [1.29, 1.82) is 0 Å². The highest BCUT2D eigenvalue weighted by Crippen LogP contribution is 2.21. The van der Waals surface area contributed by atoms with Gasteiger partial charge in [-0.3, -0.25) is 9.69 Å².